The predicted octanol–water partition coefficient (Wildman–Crippen LogP) is 1.78. The molecule has 0 amide bonds. The first-order chi connectivity index (χ1) is 9.35. The number of carbonyl (C=O) groups excluding carboxylic acids is 1. The largest absolute Gasteiger partial charge is 0.493 e. The topological polar surface area (TPSA) is 122 Å². The molecule has 106 valence electrons. The number of hydrogen-bond donors (Lipinski definition) is 0. The Bertz CT molecular complexity index is 595. The minimum Gasteiger partial charge on any atom is -0.493 e. The first-order valence-electron chi connectivity index (χ1n) is 5.21. The second-order valence-electron chi connectivity index (χ2n) is 3.51. The van der Waals surface area contributed by atoms with Crippen LogP contribution in [-0.2, 0) is 4.79 Å². The van der Waals surface area contributed by atoms with Crippen LogP contribution in [0.25, 0.3) is 6.08 Å². The third-order valence-corrected chi connectivity index (χ3v) is 2.14. The zero-order chi connectivity index (χ0) is 15.3. The van der Waals surface area contributed by atoms with Gasteiger partial charge in [-0.2, -0.15) is 0 Å². The Balaban J connectivity index is 3.41. The Morgan fingerprint density at radius 2 is 1.90 bits per heavy atom. The quantitative estimate of drug-likeness (QED) is 0.349. The zero-order valence-electron chi connectivity index (χ0n) is 10.6. The van der Waals surface area contributed by atoms with Gasteiger partial charge in [-0.05, 0) is 6.07 Å². The number of benzene rings is 1. The standard InChI is InChI=1S/C11H10N2O7/c1-7(14)20-11-5-8(3-4-12(15)16)9(13(17)18)6-10(11)19-2/h3-6H,1-2H3/b4-3+. The van der Waals surface area contributed by atoms with Crippen molar-refractivity contribution in [3.63, 3.8) is 0 Å². The highest BCUT2D eigenvalue weighted by atomic mass is 16.6. The van der Waals surface area contributed by atoms with E-state index in [0.29, 0.717) is 6.20 Å². The average molecular weight is 282 g/mol. The van der Waals surface area contributed by atoms with Crippen molar-refractivity contribution in [3.05, 3.63) is 44.1 Å². The lowest BCUT2D eigenvalue weighted by Gasteiger charge is -2.09. The Morgan fingerprint density at radius 1 is 1.25 bits per heavy atom. The van der Waals surface area contributed by atoms with Crippen molar-refractivity contribution in [1.29, 1.82) is 0 Å². The second-order valence-corrected chi connectivity index (χ2v) is 3.51. The molecule has 0 bridgehead atoms. The zero-order valence-corrected chi connectivity index (χ0v) is 10.6. The predicted molar refractivity (Wildman–Crippen MR) is 67.0 cm³/mol. The third-order valence-electron chi connectivity index (χ3n) is 2.14. The fraction of sp³-hybridized carbons (Fsp3) is 0.182. The summed E-state index contributed by atoms with van der Waals surface area (Å²) >= 11 is 0. The van der Waals surface area contributed by atoms with Crippen LogP contribution in [0.4, 0.5) is 5.69 Å². The van der Waals surface area contributed by atoms with Crippen LogP contribution in [0.3, 0.4) is 0 Å². The average Bonchev–Trinajstić information content (AvgIpc) is 2.35. The summed E-state index contributed by atoms with van der Waals surface area (Å²) in [6, 6.07) is 2.15. The van der Waals surface area contributed by atoms with Crippen molar-refractivity contribution in [3.8, 4) is 11.5 Å². The molecular weight excluding hydrogens is 272 g/mol. The van der Waals surface area contributed by atoms with E-state index in [2.05, 4.69) is 0 Å². The van der Waals surface area contributed by atoms with Gasteiger partial charge in [-0.3, -0.25) is 25.0 Å². The number of methoxy groups -OCH3 is 1. The van der Waals surface area contributed by atoms with Crippen LogP contribution in [0, 0.1) is 20.2 Å². The van der Waals surface area contributed by atoms with Gasteiger partial charge in [0, 0.05) is 13.0 Å². The molecule has 1 rings (SSSR count). The molecule has 1 aromatic carbocycles. The number of rotatable bonds is 5. The molecule has 0 N–H and O–H groups in total. The molecule has 0 atom stereocenters. The summed E-state index contributed by atoms with van der Waals surface area (Å²) in [4.78, 5) is 30.6. The lowest BCUT2D eigenvalue weighted by Crippen LogP contribution is -2.04. The molecule has 0 spiro atoms. The van der Waals surface area contributed by atoms with Gasteiger partial charge in [0.15, 0.2) is 11.5 Å². The van der Waals surface area contributed by atoms with E-state index in [1.165, 1.54) is 7.11 Å². The van der Waals surface area contributed by atoms with E-state index in [0.717, 1.165) is 25.1 Å². The molecule has 0 aromatic heterocycles. The van der Waals surface area contributed by atoms with Gasteiger partial charge in [-0.15, -0.1) is 0 Å². The van der Waals surface area contributed by atoms with Crippen LogP contribution in [-0.4, -0.2) is 22.9 Å². The number of hydrogen-bond acceptors (Lipinski definition) is 7. The number of ether oxygens (including phenoxy) is 2. The number of esters is 1. The maximum absolute atomic E-state index is 10.9. The molecular formula is C11H10N2O7. The minimum absolute atomic E-state index is 0.0230. The van der Waals surface area contributed by atoms with Crippen LogP contribution in [0.5, 0.6) is 11.5 Å². The highest BCUT2D eigenvalue weighted by molar-refractivity contribution is 5.73. The van der Waals surface area contributed by atoms with E-state index in [9.17, 15) is 25.0 Å². The summed E-state index contributed by atoms with van der Waals surface area (Å²) in [7, 11) is 1.25. The van der Waals surface area contributed by atoms with Gasteiger partial charge in [-0.1, -0.05) is 0 Å². The molecule has 9 heteroatoms. The Kier molecular flexibility index (Phi) is 4.73. The van der Waals surface area contributed by atoms with Gasteiger partial charge in [-0.25, -0.2) is 0 Å². The smallest absolute Gasteiger partial charge is 0.308 e. The van der Waals surface area contributed by atoms with Crippen LogP contribution >= 0.6 is 0 Å². The van der Waals surface area contributed by atoms with Crippen molar-refractivity contribution in [2.45, 2.75) is 6.92 Å². The van der Waals surface area contributed by atoms with Crippen LogP contribution in [0.2, 0.25) is 0 Å². The van der Waals surface area contributed by atoms with Crippen LogP contribution in [0.1, 0.15) is 12.5 Å². The molecule has 0 fully saturated rings. The molecule has 0 saturated heterocycles. The second kappa shape index (κ2) is 6.27. The third kappa shape index (κ3) is 3.77. The van der Waals surface area contributed by atoms with Crippen molar-refractivity contribution < 1.29 is 24.1 Å². The molecule has 9 nitrogen and oxygen atoms in total. The van der Waals surface area contributed by atoms with Crippen molar-refractivity contribution in [2.24, 2.45) is 0 Å². The molecule has 0 unspecified atom stereocenters. The van der Waals surface area contributed by atoms with E-state index in [-0.39, 0.29) is 17.1 Å². The van der Waals surface area contributed by atoms with Gasteiger partial charge >= 0.3 is 5.97 Å². The molecule has 20 heavy (non-hydrogen) atoms. The fourth-order valence-corrected chi connectivity index (χ4v) is 1.39. The van der Waals surface area contributed by atoms with E-state index in [4.69, 9.17) is 9.47 Å². The summed E-state index contributed by atoms with van der Waals surface area (Å²) in [5.41, 5.74) is -0.486. The molecule has 0 heterocycles. The van der Waals surface area contributed by atoms with Crippen molar-refractivity contribution in [2.75, 3.05) is 7.11 Å². The number of nitro benzene ring substituents is 1. The summed E-state index contributed by atoms with van der Waals surface area (Å²) < 4.78 is 9.71. The van der Waals surface area contributed by atoms with Crippen molar-refractivity contribution >= 4 is 17.7 Å². The van der Waals surface area contributed by atoms with Gasteiger partial charge in [0.1, 0.15) is 0 Å². The van der Waals surface area contributed by atoms with Gasteiger partial charge in [0.05, 0.1) is 28.6 Å². The molecule has 1 aromatic rings. The number of carbonyl (C=O) groups is 1. The summed E-state index contributed by atoms with van der Waals surface area (Å²) in [5, 5.41) is 21.2. The first kappa shape index (κ1) is 15.1. The van der Waals surface area contributed by atoms with Gasteiger partial charge in [0.2, 0.25) is 6.20 Å². The van der Waals surface area contributed by atoms with Gasteiger partial charge in [0.25, 0.3) is 5.69 Å². The Hall–Kier alpha value is -2.97. The monoisotopic (exact) mass is 282 g/mol. The normalized spacial score (nSPS) is 10.3. The SMILES string of the molecule is COc1cc([N+](=O)[O-])c(/C=C/[N+](=O)[O-])cc1OC(C)=O. The van der Waals surface area contributed by atoms with Crippen molar-refractivity contribution in [1.82, 2.24) is 0 Å². The van der Waals surface area contributed by atoms with Crippen LogP contribution < -0.4 is 9.47 Å². The maximum Gasteiger partial charge on any atom is 0.308 e. The van der Waals surface area contributed by atoms with Gasteiger partial charge < -0.3 is 9.47 Å². The van der Waals surface area contributed by atoms with Crippen LogP contribution in [0.15, 0.2) is 18.3 Å². The Labute approximate surface area is 112 Å². The lowest BCUT2D eigenvalue weighted by molar-refractivity contribution is -0.401. The Morgan fingerprint density at radius 3 is 2.35 bits per heavy atom. The highest BCUT2D eigenvalue weighted by Gasteiger charge is 2.19. The molecule has 0 saturated carbocycles. The lowest BCUT2D eigenvalue weighted by atomic mass is 10.1. The molecule has 0 aliphatic carbocycles. The molecule has 0 aliphatic rings. The van der Waals surface area contributed by atoms with E-state index in [1.807, 2.05) is 0 Å². The number of nitrogens with zero attached hydrogens (tertiary/aromatic N) is 2. The van der Waals surface area contributed by atoms with E-state index < -0.39 is 21.5 Å². The minimum atomic E-state index is -0.764. The van der Waals surface area contributed by atoms with E-state index >= 15 is 0 Å². The fourth-order valence-electron chi connectivity index (χ4n) is 1.39. The highest BCUT2D eigenvalue weighted by Crippen LogP contribution is 2.35. The first-order valence-corrected chi connectivity index (χ1v) is 5.21. The summed E-state index contributed by atoms with van der Waals surface area (Å²) in [5.74, 6) is -0.736. The summed E-state index contributed by atoms with van der Waals surface area (Å²) in [6.45, 7) is 1.15. The molecule has 0 aliphatic heterocycles. The summed E-state index contributed by atoms with van der Waals surface area (Å²) in [6.07, 6.45) is 1.48. The molecule has 0 radical (unpaired) electrons. The van der Waals surface area contributed by atoms with E-state index in [1.54, 1.807) is 0 Å². The number of nitro groups is 2. The maximum atomic E-state index is 10.9.